The number of anilines is 1. The lowest BCUT2D eigenvalue weighted by Gasteiger charge is -2.18. The van der Waals surface area contributed by atoms with Crippen molar-refractivity contribution in [1.82, 2.24) is 24.9 Å². The Morgan fingerprint density at radius 3 is 2.84 bits per heavy atom. The quantitative estimate of drug-likeness (QED) is 0.524. The van der Waals surface area contributed by atoms with Gasteiger partial charge in [0.1, 0.15) is 23.4 Å². The molecule has 1 unspecified atom stereocenters. The Kier molecular flexibility index (Phi) is 7.42. The molecule has 1 atom stereocenters. The summed E-state index contributed by atoms with van der Waals surface area (Å²) in [6.07, 6.45) is 2.47. The van der Waals surface area contributed by atoms with Crippen LogP contribution < -0.4 is 19.5 Å². The van der Waals surface area contributed by atoms with Crippen LogP contribution in [0.15, 0.2) is 30.5 Å². The fourth-order valence-corrected chi connectivity index (χ4v) is 4.23. The Bertz CT molecular complexity index is 1030. The highest BCUT2D eigenvalue weighted by Gasteiger charge is 2.25. The van der Waals surface area contributed by atoms with Crippen LogP contribution in [0.4, 0.5) is 5.82 Å². The maximum Gasteiger partial charge on any atom is 0.300 e. The van der Waals surface area contributed by atoms with E-state index in [4.69, 9.17) is 4.74 Å². The Labute approximate surface area is 182 Å². The molecule has 0 aliphatic carbocycles. The summed E-state index contributed by atoms with van der Waals surface area (Å²) in [5.41, 5.74) is 1.99. The first-order chi connectivity index (χ1) is 14.8. The van der Waals surface area contributed by atoms with Crippen LogP contribution in [0.5, 0.6) is 5.75 Å². The second kappa shape index (κ2) is 10.0. The number of amides is 1. The van der Waals surface area contributed by atoms with Crippen molar-refractivity contribution < 1.29 is 17.9 Å². The number of aryl methyl sites for hydroxylation is 1. The van der Waals surface area contributed by atoms with E-state index >= 15 is 0 Å². The molecule has 10 nitrogen and oxygen atoms in total. The van der Waals surface area contributed by atoms with E-state index in [9.17, 15) is 13.2 Å². The SMILES string of the molecule is CCNS(=O)(=O)Nc1cc(CN2CCC(Oc3ccc(C(=O)NC)nc3C)C2)ccn1. The van der Waals surface area contributed by atoms with Crippen LogP contribution in [-0.4, -0.2) is 62.0 Å². The molecule has 0 aromatic carbocycles. The number of nitrogens with zero attached hydrogens (tertiary/aromatic N) is 3. The minimum absolute atomic E-state index is 0.0138. The number of carbonyl (C=O) groups is 1. The third-order valence-corrected chi connectivity index (χ3v) is 5.97. The first kappa shape index (κ1) is 22.9. The zero-order valence-corrected chi connectivity index (χ0v) is 18.7. The van der Waals surface area contributed by atoms with Gasteiger partial charge in [0.2, 0.25) is 0 Å². The van der Waals surface area contributed by atoms with Gasteiger partial charge in [0.15, 0.2) is 0 Å². The number of carbonyl (C=O) groups excluding carboxylic acids is 1. The van der Waals surface area contributed by atoms with E-state index in [1.165, 1.54) is 0 Å². The number of hydrogen-bond donors (Lipinski definition) is 3. The van der Waals surface area contributed by atoms with Gasteiger partial charge in [0, 0.05) is 39.4 Å². The van der Waals surface area contributed by atoms with Gasteiger partial charge in [0.05, 0.1) is 5.69 Å². The van der Waals surface area contributed by atoms with Crippen molar-refractivity contribution in [2.75, 3.05) is 31.4 Å². The highest BCUT2D eigenvalue weighted by Crippen LogP contribution is 2.23. The van der Waals surface area contributed by atoms with Crippen LogP contribution in [0.2, 0.25) is 0 Å². The molecular formula is C20H28N6O4S. The third kappa shape index (κ3) is 6.36. The summed E-state index contributed by atoms with van der Waals surface area (Å²) >= 11 is 0. The molecule has 3 rings (SSSR count). The lowest BCUT2D eigenvalue weighted by atomic mass is 10.2. The zero-order valence-electron chi connectivity index (χ0n) is 17.9. The highest BCUT2D eigenvalue weighted by atomic mass is 32.2. The van der Waals surface area contributed by atoms with Crippen molar-refractivity contribution in [3.63, 3.8) is 0 Å². The molecule has 11 heteroatoms. The standard InChI is InChI=1S/C20H28N6O4S/c1-4-23-31(28,29)25-19-11-15(7-9-22-19)12-26-10-8-16(13-26)30-18-6-5-17(20(27)21-3)24-14(18)2/h5-7,9,11,16,23H,4,8,10,12-13H2,1-3H3,(H,21,27)(H,22,25). The maximum atomic E-state index is 11.9. The van der Waals surface area contributed by atoms with E-state index in [-0.39, 0.29) is 17.8 Å². The smallest absolute Gasteiger partial charge is 0.300 e. The van der Waals surface area contributed by atoms with Crippen molar-refractivity contribution >= 4 is 21.9 Å². The summed E-state index contributed by atoms with van der Waals surface area (Å²) < 4.78 is 34.6. The van der Waals surface area contributed by atoms with Gasteiger partial charge in [-0.05, 0) is 43.2 Å². The molecule has 0 spiro atoms. The fourth-order valence-electron chi connectivity index (χ4n) is 3.39. The van der Waals surface area contributed by atoms with Crippen LogP contribution in [0.3, 0.4) is 0 Å². The Morgan fingerprint density at radius 2 is 2.13 bits per heavy atom. The molecule has 0 radical (unpaired) electrons. The summed E-state index contributed by atoms with van der Waals surface area (Å²) in [6.45, 7) is 6.08. The molecule has 1 aliphatic heterocycles. The monoisotopic (exact) mass is 448 g/mol. The largest absolute Gasteiger partial charge is 0.487 e. The summed E-state index contributed by atoms with van der Waals surface area (Å²) in [5.74, 6) is 0.720. The van der Waals surface area contributed by atoms with Crippen LogP contribution in [0.1, 0.15) is 35.1 Å². The third-order valence-electron chi connectivity index (χ3n) is 4.82. The Hall–Kier alpha value is -2.76. The molecule has 0 saturated carbocycles. The van der Waals surface area contributed by atoms with Crippen LogP contribution in [-0.2, 0) is 16.8 Å². The van der Waals surface area contributed by atoms with E-state index in [0.29, 0.717) is 30.2 Å². The van der Waals surface area contributed by atoms with E-state index < -0.39 is 10.2 Å². The van der Waals surface area contributed by atoms with Crippen molar-refractivity contribution in [3.8, 4) is 5.75 Å². The number of ether oxygens (including phenoxy) is 1. The van der Waals surface area contributed by atoms with Gasteiger partial charge in [-0.2, -0.15) is 13.1 Å². The molecule has 0 bridgehead atoms. The molecular weight excluding hydrogens is 420 g/mol. The molecule has 2 aromatic heterocycles. The van der Waals surface area contributed by atoms with Crippen LogP contribution in [0, 0.1) is 6.92 Å². The minimum Gasteiger partial charge on any atom is -0.487 e. The molecule has 2 aromatic rings. The van der Waals surface area contributed by atoms with Crippen molar-refractivity contribution in [3.05, 3.63) is 47.4 Å². The van der Waals surface area contributed by atoms with Gasteiger partial charge in [-0.3, -0.25) is 14.4 Å². The normalized spacial score (nSPS) is 16.8. The van der Waals surface area contributed by atoms with E-state index in [1.54, 1.807) is 38.4 Å². The Balaban J connectivity index is 1.57. The van der Waals surface area contributed by atoms with Crippen molar-refractivity contribution in [2.24, 2.45) is 0 Å². The lowest BCUT2D eigenvalue weighted by molar-refractivity contribution is 0.0957. The predicted molar refractivity (Wildman–Crippen MR) is 117 cm³/mol. The molecule has 3 heterocycles. The number of nitrogens with one attached hydrogen (secondary N) is 3. The van der Waals surface area contributed by atoms with Gasteiger partial charge in [-0.15, -0.1) is 0 Å². The summed E-state index contributed by atoms with van der Waals surface area (Å²) in [7, 11) is -2.04. The van der Waals surface area contributed by atoms with Gasteiger partial charge >= 0.3 is 0 Å². The number of rotatable bonds is 9. The molecule has 1 saturated heterocycles. The summed E-state index contributed by atoms with van der Waals surface area (Å²) in [6, 6.07) is 7.03. The van der Waals surface area contributed by atoms with Crippen LogP contribution >= 0.6 is 0 Å². The predicted octanol–water partition coefficient (Wildman–Crippen LogP) is 1.06. The molecule has 1 aliphatic rings. The second-order valence-corrected chi connectivity index (χ2v) is 8.78. The topological polar surface area (TPSA) is 126 Å². The van der Waals surface area contributed by atoms with Gasteiger partial charge in [0.25, 0.3) is 16.1 Å². The van der Waals surface area contributed by atoms with Crippen molar-refractivity contribution in [1.29, 1.82) is 0 Å². The number of hydrogen-bond acceptors (Lipinski definition) is 7. The number of likely N-dealkylation sites (tertiary alicyclic amines) is 1. The Morgan fingerprint density at radius 1 is 1.32 bits per heavy atom. The van der Waals surface area contributed by atoms with Crippen molar-refractivity contribution in [2.45, 2.75) is 32.9 Å². The van der Waals surface area contributed by atoms with E-state index in [2.05, 4.69) is 29.6 Å². The lowest BCUT2D eigenvalue weighted by Crippen LogP contribution is -2.30. The van der Waals surface area contributed by atoms with Gasteiger partial charge < -0.3 is 10.1 Å². The average molecular weight is 449 g/mol. The zero-order chi connectivity index (χ0) is 22.4. The van der Waals surface area contributed by atoms with Gasteiger partial charge in [-0.25, -0.2) is 9.97 Å². The summed E-state index contributed by atoms with van der Waals surface area (Å²) in [5, 5.41) is 2.56. The molecule has 1 amide bonds. The number of pyridine rings is 2. The summed E-state index contributed by atoms with van der Waals surface area (Å²) in [4.78, 5) is 22.3. The highest BCUT2D eigenvalue weighted by molar-refractivity contribution is 7.90. The molecule has 168 valence electrons. The molecule has 3 N–H and O–H groups in total. The molecule has 1 fully saturated rings. The maximum absolute atomic E-state index is 11.9. The fraction of sp³-hybridized carbons (Fsp3) is 0.450. The van der Waals surface area contributed by atoms with Gasteiger partial charge in [-0.1, -0.05) is 6.92 Å². The first-order valence-corrected chi connectivity index (χ1v) is 11.6. The van der Waals surface area contributed by atoms with E-state index in [0.717, 1.165) is 25.1 Å². The number of aromatic nitrogens is 2. The van der Waals surface area contributed by atoms with Crippen LogP contribution in [0.25, 0.3) is 0 Å². The van der Waals surface area contributed by atoms with E-state index in [1.807, 2.05) is 13.0 Å². The molecule has 31 heavy (non-hydrogen) atoms. The first-order valence-electron chi connectivity index (χ1n) is 10.1. The minimum atomic E-state index is -3.61. The average Bonchev–Trinajstić information content (AvgIpc) is 3.15. The second-order valence-electron chi connectivity index (χ2n) is 7.28.